The number of aromatic nitrogens is 1. The lowest BCUT2D eigenvalue weighted by Gasteiger charge is -2.06. The van der Waals surface area contributed by atoms with Gasteiger partial charge in [-0.15, -0.1) is 0 Å². The lowest BCUT2D eigenvalue weighted by molar-refractivity contribution is -0.115. The number of carbonyl (C=O) groups excluding carboxylic acids is 1. The molecule has 2 rings (SSSR count). The van der Waals surface area contributed by atoms with Crippen LogP contribution in [-0.4, -0.2) is 10.9 Å². The highest BCUT2D eigenvalue weighted by Crippen LogP contribution is 2.17. The number of nitrogens with zero attached hydrogens (tertiary/aromatic N) is 1. The maximum Gasteiger partial charge on any atom is 0.229 e. The zero-order chi connectivity index (χ0) is 13.0. The van der Waals surface area contributed by atoms with E-state index in [2.05, 4.69) is 26.2 Å². The molecule has 1 aromatic carbocycles. The second kappa shape index (κ2) is 5.78. The quantitative estimate of drug-likeness (QED) is 0.945. The van der Waals surface area contributed by atoms with Crippen molar-refractivity contribution in [1.82, 2.24) is 4.98 Å². The second-order valence-corrected chi connectivity index (χ2v) is 4.88. The zero-order valence-electron chi connectivity index (χ0n) is 9.98. The van der Waals surface area contributed by atoms with E-state index in [1.54, 1.807) is 6.20 Å². The second-order valence-electron chi connectivity index (χ2n) is 4.03. The number of halogens is 1. The summed E-state index contributed by atoms with van der Waals surface area (Å²) in [5.74, 6) is 0.520. The molecule has 0 saturated carbocycles. The molecule has 0 saturated heterocycles. The Bertz CT molecular complexity index is 555. The van der Waals surface area contributed by atoms with Crippen LogP contribution in [0.5, 0.6) is 0 Å². The van der Waals surface area contributed by atoms with Gasteiger partial charge >= 0.3 is 0 Å². The molecule has 4 heteroatoms. The number of hydrogen-bond donors (Lipinski definition) is 1. The third-order valence-corrected chi connectivity index (χ3v) is 3.35. The number of rotatable bonds is 3. The van der Waals surface area contributed by atoms with E-state index in [1.807, 2.05) is 43.3 Å². The molecule has 2 aromatic rings. The fraction of sp³-hybridized carbons (Fsp3) is 0.143. The van der Waals surface area contributed by atoms with Crippen molar-refractivity contribution in [2.24, 2.45) is 0 Å². The first-order chi connectivity index (χ1) is 8.65. The van der Waals surface area contributed by atoms with E-state index in [0.717, 1.165) is 15.6 Å². The molecule has 0 bridgehead atoms. The van der Waals surface area contributed by atoms with Crippen molar-refractivity contribution in [3.8, 4) is 0 Å². The molecule has 92 valence electrons. The van der Waals surface area contributed by atoms with Gasteiger partial charge in [-0.2, -0.15) is 0 Å². The largest absolute Gasteiger partial charge is 0.310 e. The van der Waals surface area contributed by atoms with Crippen molar-refractivity contribution in [3.05, 3.63) is 58.2 Å². The summed E-state index contributed by atoms with van der Waals surface area (Å²) in [4.78, 5) is 16.0. The van der Waals surface area contributed by atoms with Gasteiger partial charge in [0, 0.05) is 10.7 Å². The molecule has 0 aliphatic heterocycles. The van der Waals surface area contributed by atoms with Gasteiger partial charge < -0.3 is 5.32 Å². The fourth-order valence-electron chi connectivity index (χ4n) is 1.58. The Hall–Kier alpha value is -1.68. The third-order valence-electron chi connectivity index (χ3n) is 2.52. The Morgan fingerprint density at radius 3 is 2.72 bits per heavy atom. The molecule has 3 nitrogen and oxygen atoms in total. The Labute approximate surface area is 114 Å². The van der Waals surface area contributed by atoms with Gasteiger partial charge in [-0.05, 0) is 40.0 Å². The van der Waals surface area contributed by atoms with E-state index in [9.17, 15) is 4.79 Å². The molecule has 0 aliphatic carbocycles. The predicted molar refractivity (Wildman–Crippen MR) is 75.4 cm³/mol. The summed E-state index contributed by atoms with van der Waals surface area (Å²) < 4.78 is 0.934. The number of aryl methyl sites for hydroxylation is 1. The van der Waals surface area contributed by atoms with Crippen LogP contribution in [0, 0.1) is 6.92 Å². The molecule has 0 aliphatic rings. The highest BCUT2D eigenvalue weighted by atomic mass is 79.9. The molecule has 0 unspecified atom stereocenters. The molecule has 0 radical (unpaired) electrons. The van der Waals surface area contributed by atoms with Gasteiger partial charge in [0.25, 0.3) is 0 Å². The molecule has 1 aromatic heterocycles. The minimum Gasteiger partial charge on any atom is -0.310 e. The topological polar surface area (TPSA) is 42.0 Å². The minimum atomic E-state index is -0.0598. The lowest BCUT2D eigenvalue weighted by Crippen LogP contribution is -2.15. The Morgan fingerprint density at radius 2 is 2.06 bits per heavy atom. The van der Waals surface area contributed by atoms with Gasteiger partial charge in [0.1, 0.15) is 5.82 Å². The summed E-state index contributed by atoms with van der Waals surface area (Å²) in [6.07, 6.45) is 2.05. The van der Waals surface area contributed by atoms with Gasteiger partial charge in [0.2, 0.25) is 5.91 Å². The summed E-state index contributed by atoms with van der Waals surface area (Å²) in [6, 6.07) is 11.5. The number of nitrogens with one attached hydrogen (secondary N) is 1. The molecule has 0 spiro atoms. The summed E-state index contributed by atoms with van der Waals surface area (Å²) in [5.41, 5.74) is 2.03. The third kappa shape index (κ3) is 3.40. The Kier molecular flexibility index (Phi) is 4.10. The number of carbonyl (C=O) groups is 1. The van der Waals surface area contributed by atoms with Gasteiger partial charge in [0.15, 0.2) is 0 Å². The number of hydrogen-bond acceptors (Lipinski definition) is 2. The zero-order valence-corrected chi connectivity index (χ0v) is 11.6. The minimum absolute atomic E-state index is 0.0598. The van der Waals surface area contributed by atoms with Crippen LogP contribution in [0.3, 0.4) is 0 Å². The van der Waals surface area contributed by atoms with Crippen LogP contribution in [-0.2, 0) is 11.2 Å². The molecule has 1 N–H and O–H groups in total. The highest BCUT2D eigenvalue weighted by Gasteiger charge is 2.05. The number of pyridine rings is 1. The van der Waals surface area contributed by atoms with E-state index in [4.69, 9.17) is 0 Å². The average molecular weight is 305 g/mol. The van der Waals surface area contributed by atoms with Crippen LogP contribution in [0.25, 0.3) is 0 Å². The van der Waals surface area contributed by atoms with E-state index in [1.165, 1.54) is 0 Å². The van der Waals surface area contributed by atoms with Crippen molar-refractivity contribution in [2.75, 3.05) is 5.32 Å². The number of anilines is 1. The molecule has 18 heavy (non-hydrogen) atoms. The molecular formula is C14H13BrN2O. The van der Waals surface area contributed by atoms with Crippen molar-refractivity contribution < 1.29 is 4.79 Å². The molecule has 0 atom stereocenters. The standard InChI is InChI=1S/C14H13BrN2O/c1-10-7-13(16-9-12(10)15)17-14(18)8-11-5-3-2-4-6-11/h2-7,9H,8H2,1H3,(H,16,17,18). The Morgan fingerprint density at radius 1 is 1.33 bits per heavy atom. The van der Waals surface area contributed by atoms with Gasteiger partial charge in [-0.1, -0.05) is 30.3 Å². The SMILES string of the molecule is Cc1cc(NC(=O)Cc2ccccc2)ncc1Br. The summed E-state index contributed by atoms with van der Waals surface area (Å²) >= 11 is 3.37. The Balaban J connectivity index is 2.01. The predicted octanol–water partition coefficient (Wildman–Crippen LogP) is 3.33. The highest BCUT2D eigenvalue weighted by molar-refractivity contribution is 9.10. The molecule has 1 amide bonds. The van der Waals surface area contributed by atoms with Crippen LogP contribution in [0.1, 0.15) is 11.1 Å². The first kappa shape index (κ1) is 12.8. The van der Waals surface area contributed by atoms with Crippen molar-refractivity contribution in [3.63, 3.8) is 0 Å². The van der Waals surface area contributed by atoms with Crippen LogP contribution in [0.4, 0.5) is 5.82 Å². The molecule has 1 heterocycles. The maximum atomic E-state index is 11.8. The smallest absolute Gasteiger partial charge is 0.229 e. The van der Waals surface area contributed by atoms with Crippen LogP contribution >= 0.6 is 15.9 Å². The number of amides is 1. The summed E-state index contributed by atoms with van der Waals surface area (Å²) in [5, 5.41) is 2.79. The van der Waals surface area contributed by atoms with E-state index < -0.39 is 0 Å². The molecule has 0 fully saturated rings. The fourth-order valence-corrected chi connectivity index (χ4v) is 1.79. The number of benzene rings is 1. The van der Waals surface area contributed by atoms with Crippen molar-refractivity contribution >= 4 is 27.7 Å². The summed E-state index contributed by atoms with van der Waals surface area (Å²) in [7, 11) is 0. The first-order valence-corrected chi connectivity index (χ1v) is 6.40. The van der Waals surface area contributed by atoms with Crippen LogP contribution < -0.4 is 5.32 Å². The van der Waals surface area contributed by atoms with E-state index >= 15 is 0 Å². The van der Waals surface area contributed by atoms with Crippen LogP contribution in [0.15, 0.2) is 47.1 Å². The lowest BCUT2D eigenvalue weighted by atomic mass is 10.1. The first-order valence-electron chi connectivity index (χ1n) is 5.61. The van der Waals surface area contributed by atoms with E-state index in [0.29, 0.717) is 12.2 Å². The molecular weight excluding hydrogens is 292 g/mol. The average Bonchev–Trinajstić information content (AvgIpc) is 2.35. The van der Waals surface area contributed by atoms with Crippen molar-refractivity contribution in [1.29, 1.82) is 0 Å². The normalized spacial score (nSPS) is 10.1. The van der Waals surface area contributed by atoms with Gasteiger partial charge in [-0.3, -0.25) is 4.79 Å². The summed E-state index contributed by atoms with van der Waals surface area (Å²) in [6.45, 7) is 1.96. The van der Waals surface area contributed by atoms with Crippen molar-refractivity contribution in [2.45, 2.75) is 13.3 Å². The van der Waals surface area contributed by atoms with Crippen LogP contribution in [0.2, 0.25) is 0 Å². The van der Waals surface area contributed by atoms with Gasteiger partial charge in [0.05, 0.1) is 6.42 Å². The van der Waals surface area contributed by atoms with E-state index in [-0.39, 0.29) is 5.91 Å². The monoisotopic (exact) mass is 304 g/mol. The maximum absolute atomic E-state index is 11.8. The van der Waals surface area contributed by atoms with Gasteiger partial charge in [-0.25, -0.2) is 4.98 Å².